The minimum Gasteiger partial charge on any atom is -0.355 e. The van der Waals surface area contributed by atoms with E-state index in [-0.39, 0.29) is 5.91 Å². The first-order valence-electron chi connectivity index (χ1n) is 7.26. The zero-order valence-electron chi connectivity index (χ0n) is 12.4. The van der Waals surface area contributed by atoms with Crippen LogP contribution >= 0.6 is 0 Å². The lowest BCUT2D eigenvalue weighted by Gasteiger charge is -2.08. The monoisotopic (exact) mass is 304 g/mol. The van der Waals surface area contributed by atoms with Crippen molar-refractivity contribution < 1.29 is 4.79 Å². The number of pyridine rings is 2. The Kier molecular flexibility index (Phi) is 4.59. The summed E-state index contributed by atoms with van der Waals surface area (Å²) >= 11 is 0. The predicted molar refractivity (Wildman–Crippen MR) is 89.4 cm³/mol. The van der Waals surface area contributed by atoms with Crippen LogP contribution in [0.5, 0.6) is 0 Å². The first-order valence-corrected chi connectivity index (χ1v) is 7.26. The summed E-state index contributed by atoms with van der Waals surface area (Å²) in [5, 5.41) is 6.09. The van der Waals surface area contributed by atoms with Gasteiger partial charge in [-0.3, -0.25) is 14.8 Å². The summed E-state index contributed by atoms with van der Waals surface area (Å²) in [4.78, 5) is 20.3. The highest BCUT2D eigenvalue weighted by Crippen LogP contribution is 2.16. The zero-order valence-corrected chi connectivity index (χ0v) is 12.4. The summed E-state index contributed by atoms with van der Waals surface area (Å²) < 4.78 is 0. The van der Waals surface area contributed by atoms with E-state index < -0.39 is 0 Å². The van der Waals surface area contributed by atoms with E-state index in [1.54, 1.807) is 24.7 Å². The number of para-hydroxylation sites is 1. The molecule has 5 heteroatoms. The van der Waals surface area contributed by atoms with Crippen LogP contribution in [-0.4, -0.2) is 15.9 Å². The second-order valence-corrected chi connectivity index (χ2v) is 4.96. The topological polar surface area (TPSA) is 66.9 Å². The minimum atomic E-state index is -0.210. The molecule has 0 saturated heterocycles. The number of anilines is 2. The van der Waals surface area contributed by atoms with E-state index in [0.717, 1.165) is 16.9 Å². The lowest BCUT2D eigenvalue weighted by atomic mass is 10.2. The summed E-state index contributed by atoms with van der Waals surface area (Å²) in [6, 6.07) is 17.1. The smallest absolute Gasteiger partial charge is 0.270 e. The molecular formula is C18H16N4O. The molecule has 0 fully saturated rings. The van der Waals surface area contributed by atoms with Gasteiger partial charge in [-0.2, -0.15) is 0 Å². The normalized spacial score (nSPS) is 10.1. The van der Waals surface area contributed by atoms with Crippen LogP contribution in [0.1, 0.15) is 16.1 Å². The lowest BCUT2D eigenvalue weighted by molar-refractivity contribution is 0.0946. The van der Waals surface area contributed by atoms with Crippen molar-refractivity contribution in [2.75, 3.05) is 5.32 Å². The summed E-state index contributed by atoms with van der Waals surface area (Å²) in [5.74, 6) is -0.210. The Bertz CT molecular complexity index is 775. The van der Waals surface area contributed by atoms with E-state index in [9.17, 15) is 4.79 Å². The quantitative estimate of drug-likeness (QED) is 0.760. The van der Waals surface area contributed by atoms with Crippen molar-refractivity contribution in [3.63, 3.8) is 0 Å². The standard InChI is InChI=1S/C18H16N4O/c23-18(21-13-14-6-9-19-10-7-14)17-12-16(8-11-20-17)22-15-4-2-1-3-5-15/h1-12H,13H2,(H,20,22)(H,21,23). The van der Waals surface area contributed by atoms with Crippen LogP contribution in [-0.2, 0) is 6.54 Å². The second kappa shape index (κ2) is 7.17. The Hall–Kier alpha value is -3.21. The number of benzene rings is 1. The van der Waals surface area contributed by atoms with Crippen LogP contribution in [0.3, 0.4) is 0 Å². The van der Waals surface area contributed by atoms with E-state index >= 15 is 0 Å². The lowest BCUT2D eigenvalue weighted by Crippen LogP contribution is -2.23. The highest BCUT2D eigenvalue weighted by molar-refractivity contribution is 5.93. The van der Waals surface area contributed by atoms with Crippen LogP contribution in [0.2, 0.25) is 0 Å². The molecule has 0 aliphatic heterocycles. The molecule has 0 unspecified atom stereocenters. The zero-order chi connectivity index (χ0) is 15.9. The van der Waals surface area contributed by atoms with Crippen molar-refractivity contribution in [3.05, 3.63) is 84.4 Å². The number of rotatable bonds is 5. The van der Waals surface area contributed by atoms with Gasteiger partial charge >= 0.3 is 0 Å². The predicted octanol–water partition coefficient (Wildman–Crippen LogP) is 3.15. The molecule has 0 atom stereocenters. The fraction of sp³-hybridized carbons (Fsp3) is 0.0556. The summed E-state index contributed by atoms with van der Waals surface area (Å²) in [6.45, 7) is 0.444. The molecule has 0 radical (unpaired) electrons. The molecule has 1 amide bonds. The van der Waals surface area contributed by atoms with E-state index in [2.05, 4.69) is 20.6 Å². The van der Waals surface area contributed by atoms with E-state index in [1.165, 1.54) is 0 Å². The molecule has 0 saturated carbocycles. The van der Waals surface area contributed by atoms with Crippen LogP contribution in [0.4, 0.5) is 11.4 Å². The Morgan fingerprint density at radius 1 is 0.913 bits per heavy atom. The van der Waals surface area contributed by atoms with Crippen molar-refractivity contribution in [1.29, 1.82) is 0 Å². The summed E-state index contributed by atoms with van der Waals surface area (Å²) in [7, 11) is 0. The third-order valence-corrected chi connectivity index (χ3v) is 3.26. The molecule has 2 N–H and O–H groups in total. The molecule has 5 nitrogen and oxygen atoms in total. The number of hydrogen-bond donors (Lipinski definition) is 2. The molecule has 1 aromatic carbocycles. The maximum absolute atomic E-state index is 12.2. The molecule has 0 aliphatic carbocycles. The Morgan fingerprint density at radius 2 is 1.70 bits per heavy atom. The van der Waals surface area contributed by atoms with Crippen molar-refractivity contribution >= 4 is 17.3 Å². The first kappa shape index (κ1) is 14.7. The third kappa shape index (κ3) is 4.14. The molecule has 3 aromatic rings. The van der Waals surface area contributed by atoms with Crippen molar-refractivity contribution in [2.24, 2.45) is 0 Å². The molecule has 3 rings (SSSR count). The molecule has 0 bridgehead atoms. The van der Waals surface area contributed by atoms with Gasteiger partial charge in [-0.25, -0.2) is 0 Å². The van der Waals surface area contributed by atoms with E-state index in [0.29, 0.717) is 12.2 Å². The molecule has 2 aromatic heterocycles. The van der Waals surface area contributed by atoms with Gasteiger partial charge in [0, 0.05) is 36.5 Å². The minimum absolute atomic E-state index is 0.210. The number of hydrogen-bond acceptors (Lipinski definition) is 4. The van der Waals surface area contributed by atoms with E-state index in [1.807, 2.05) is 48.5 Å². The fourth-order valence-corrected chi connectivity index (χ4v) is 2.09. The van der Waals surface area contributed by atoms with Gasteiger partial charge in [0.2, 0.25) is 0 Å². The van der Waals surface area contributed by atoms with Gasteiger partial charge in [-0.1, -0.05) is 18.2 Å². The number of carbonyl (C=O) groups is 1. The average Bonchev–Trinajstić information content (AvgIpc) is 2.62. The summed E-state index contributed by atoms with van der Waals surface area (Å²) in [6.07, 6.45) is 5.01. The SMILES string of the molecule is O=C(NCc1ccncc1)c1cc(Nc2ccccc2)ccn1. The highest BCUT2D eigenvalue weighted by atomic mass is 16.1. The van der Waals surface area contributed by atoms with Gasteiger partial charge in [0.1, 0.15) is 5.69 Å². The number of nitrogens with zero attached hydrogens (tertiary/aromatic N) is 2. The fourth-order valence-electron chi connectivity index (χ4n) is 2.09. The molecular weight excluding hydrogens is 288 g/mol. The molecule has 2 heterocycles. The van der Waals surface area contributed by atoms with Gasteiger partial charge in [-0.05, 0) is 42.0 Å². The Morgan fingerprint density at radius 3 is 2.48 bits per heavy atom. The van der Waals surface area contributed by atoms with Gasteiger partial charge in [0.05, 0.1) is 0 Å². The van der Waals surface area contributed by atoms with Crippen LogP contribution in [0, 0.1) is 0 Å². The van der Waals surface area contributed by atoms with Gasteiger partial charge in [-0.15, -0.1) is 0 Å². The van der Waals surface area contributed by atoms with Gasteiger partial charge in [0.15, 0.2) is 0 Å². The molecule has 114 valence electrons. The van der Waals surface area contributed by atoms with Gasteiger partial charge < -0.3 is 10.6 Å². The van der Waals surface area contributed by atoms with Crippen LogP contribution in [0.15, 0.2) is 73.2 Å². The second-order valence-electron chi connectivity index (χ2n) is 4.96. The summed E-state index contributed by atoms with van der Waals surface area (Å²) in [5.41, 5.74) is 3.15. The molecule has 0 spiro atoms. The van der Waals surface area contributed by atoms with E-state index in [4.69, 9.17) is 0 Å². The number of aromatic nitrogens is 2. The van der Waals surface area contributed by atoms with Crippen molar-refractivity contribution in [2.45, 2.75) is 6.54 Å². The van der Waals surface area contributed by atoms with Crippen molar-refractivity contribution in [3.8, 4) is 0 Å². The highest BCUT2D eigenvalue weighted by Gasteiger charge is 2.07. The third-order valence-electron chi connectivity index (χ3n) is 3.26. The average molecular weight is 304 g/mol. The van der Waals surface area contributed by atoms with Crippen molar-refractivity contribution in [1.82, 2.24) is 15.3 Å². The maximum atomic E-state index is 12.2. The maximum Gasteiger partial charge on any atom is 0.270 e. The molecule has 0 aliphatic rings. The Labute approximate surface area is 134 Å². The number of nitrogens with one attached hydrogen (secondary N) is 2. The van der Waals surface area contributed by atoms with Crippen LogP contribution in [0.25, 0.3) is 0 Å². The first-order chi connectivity index (χ1) is 11.3. The number of carbonyl (C=O) groups excluding carboxylic acids is 1. The molecule has 23 heavy (non-hydrogen) atoms. The van der Waals surface area contributed by atoms with Crippen LogP contribution < -0.4 is 10.6 Å². The largest absolute Gasteiger partial charge is 0.355 e. The van der Waals surface area contributed by atoms with Gasteiger partial charge in [0.25, 0.3) is 5.91 Å². The Balaban J connectivity index is 1.65. The number of amides is 1.